The molecule has 1 heterocycles. The molecule has 2 N–H and O–H groups in total. The lowest BCUT2D eigenvalue weighted by molar-refractivity contribution is 0.373. The van der Waals surface area contributed by atoms with E-state index in [4.69, 9.17) is 4.74 Å². The standard InChI is InChI=1S/C12H15N3O2S/c1-3-13-7-11-14-15-12(18-11)8-4-5-10(17-2)9(16)6-8/h4-6,13,16H,3,7H2,1-2H3. The van der Waals surface area contributed by atoms with Gasteiger partial charge in [-0.15, -0.1) is 10.2 Å². The van der Waals surface area contributed by atoms with Crippen LogP contribution in [0.3, 0.4) is 0 Å². The van der Waals surface area contributed by atoms with Gasteiger partial charge in [-0.2, -0.15) is 0 Å². The van der Waals surface area contributed by atoms with Crippen LogP contribution in [0.25, 0.3) is 10.6 Å². The van der Waals surface area contributed by atoms with Crippen molar-refractivity contribution in [3.63, 3.8) is 0 Å². The first-order valence-electron chi connectivity index (χ1n) is 5.65. The van der Waals surface area contributed by atoms with Crippen LogP contribution in [0, 0.1) is 0 Å². The Hall–Kier alpha value is -1.66. The van der Waals surface area contributed by atoms with E-state index in [0.717, 1.165) is 28.7 Å². The Morgan fingerprint density at radius 2 is 2.22 bits per heavy atom. The van der Waals surface area contributed by atoms with Crippen molar-refractivity contribution in [3.8, 4) is 22.1 Å². The normalized spacial score (nSPS) is 10.6. The maximum atomic E-state index is 9.72. The van der Waals surface area contributed by atoms with Gasteiger partial charge in [0.2, 0.25) is 0 Å². The first-order valence-corrected chi connectivity index (χ1v) is 6.46. The van der Waals surface area contributed by atoms with Gasteiger partial charge in [-0.3, -0.25) is 0 Å². The molecule has 1 aromatic carbocycles. The maximum absolute atomic E-state index is 9.72. The summed E-state index contributed by atoms with van der Waals surface area (Å²) >= 11 is 1.51. The van der Waals surface area contributed by atoms with Crippen molar-refractivity contribution < 1.29 is 9.84 Å². The average Bonchev–Trinajstić information content (AvgIpc) is 2.85. The van der Waals surface area contributed by atoms with Gasteiger partial charge in [0.25, 0.3) is 0 Å². The Morgan fingerprint density at radius 1 is 1.39 bits per heavy atom. The summed E-state index contributed by atoms with van der Waals surface area (Å²) in [6.07, 6.45) is 0. The van der Waals surface area contributed by atoms with Gasteiger partial charge in [0.05, 0.1) is 7.11 Å². The average molecular weight is 265 g/mol. The number of benzene rings is 1. The number of aromatic nitrogens is 2. The van der Waals surface area contributed by atoms with E-state index in [9.17, 15) is 5.11 Å². The summed E-state index contributed by atoms with van der Waals surface area (Å²) in [5.74, 6) is 0.564. The van der Waals surface area contributed by atoms with Crippen LogP contribution in [0.4, 0.5) is 0 Å². The van der Waals surface area contributed by atoms with Gasteiger partial charge in [-0.25, -0.2) is 0 Å². The number of hydrogen-bond donors (Lipinski definition) is 2. The number of ether oxygens (including phenoxy) is 1. The van der Waals surface area contributed by atoms with Crippen LogP contribution in [0.2, 0.25) is 0 Å². The number of nitrogens with zero attached hydrogens (tertiary/aromatic N) is 2. The van der Waals surface area contributed by atoms with Gasteiger partial charge in [0, 0.05) is 12.1 Å². The third-order valence-electron chi connectivity index (χ3n) is 2.42. The first-order chi connectivity index (χ1) is 8.74. The van der Waals surface area contributed by atoms with Gasteiger partial charge >= 0.3 is 0 Å². The third kappa shape index (κ3) is 2.77. The van der Waals surface area contributed by atoms with E-state index in [-0.39, 0.29) is 5.75 Å². The molecule has 0 unspecified atom stereocenters. The number of rotatable bonds is 5. The zero-order valence-corrected chi connectivity index (χ0v) is 11.1. The van der Waals surface area contributed by atoms with Crippen LogP contribution < -0.4 is 10.1 Å². The fourth-order valence-corrected chi connectivity index (χ4v) is 2.30. The molecule has 0 aliphatic rings. The zero-order chi connectivity index (χ0) is 13.0. The summed E-state index contributed by atoms with van der Waals surface area (Å²) in [7, 11) is 1.52. The minimum absolute atomic E-state index is 0.110. The topological polar surface area (TPSA) is 67.3 Å². The quantitative estimate of drug-likeness (QED) is 0.866. The molecule has 0 aliphatic heterocycles. The molecule has 0 aliphatic carbocycles. The molecule has 5 nitrogen and oxygen atoms in total. The number of phenolic OH excluding ortho intramolecular Hbond substituents is 1. The van der Waals surface area contributed by atoms with Crippen LogP contribution in [0.5, 0.6) is 11.5 Å². The van der Waals surface area contributed by atoms with Crippen molar-refractivity contribution >= 4 is 11.3 Å². The fraction of sp³-hybridized carbons (Fsp3) is 0.333. The number of methoxy groups -OCH3 is 1. The molecule has 0 spiro atoms. The predicted octanol–water partition coefficient (Wildman–Crippen LogP) is 2.03. The SMILES string of the molecule is CCNCc1nnc(-c2ccc(OC)c(O)c2)s1. The number of aromatic hydroxyl groups is 1. The van der Waals surface area contributed by atoms with E-state index in [0.29, 0.717) is 5.75 Å². The second-order valence-electron chi connectivity index (χ2n) is 3.67. The van der Waals surface area contributed by atoms with Gasteiger partial charge in [-0.05, 0) is 24.7 Å². The lowest BCUT2D eigenvalue weighted by Crippen LogP contribution is -2.11. The minimum Gasteiger partial charge on any atom is -0.504 e. The van der Waals surface area contributed by atoms with Crippen LogP contribution in [-0.2, 0) is 6.54 Å². The summed E-state index contributed by atoms with van der Waals surface area (Å²) in [6, 6.07) is 5.21. The third-order valence-corrected chi connectivity index (χ3v) is 3.39. The van der Waals surface area contributed by atoms with E-state index < -0.39 is 0 Å². The summed E-state index contributed by atoms with van der Waals surface area (Å²) in [6.45, 7) is 3.66. The second kappa shape index (κ2) is 5.79. The van der Waals surface area contributed by atoms with E-state index in [1.165, 1.54) is 18.4 Å². The molecule has 2 rings (SSSR count). The molecule has 0 amide bonds. The smallest absolute Gasteiger partial charge is 0.160 e. The monoisotopic (exact) mass is 265 g/mol. The van der Waals surface area contributed by atoms with Crippen molar-refractivity contribution in [2.24, 2.45) is 0 Å². The molecular formula is C12H15N3O2S. The highest BCUT2D eigenvalue weighted by molar-refractivity contribution is 7.14. The largest absolute Gasteiger partial charge is 0.504 e. The van der Waals surface area contributed by atoms with Crippen molar-refractivity contribution in [3.05, 3.63) is 23.2 Å². The highest BCUT2D eigenvalue weighted by atomic mass is 32.1. The highest BCUT2D eigenvalue weighted by Gasteiger charge is 2.09. The van der Waals surface area contributed by atoms with Gasteiger partial charge in [-0.1, -0.05) is 18.3 Å². The van der Waals surface area contributed by atoms with Gasteiger partial charge in [0.1, 0.15) is 10.0 Å². The van der Waals surface area contributed by atoms with Gasteiger partial charge in [0.15, 0.2) is 11.5 Å². The lowest BCUT2D eigenvalue weighted by atomic mass is 10.2. The Morgan fingerprint density at radius 3 is 2.89 bits per heavy atom. The molecule has 0 bridgehead atoms. The Kier molecular flexibility index (Phi) is 4.11. The molecule has 2 aromatic rings. The van der Waals surface area contributed by atoms with Crippen LogP contribution in [0.15, 0.2) is 18.2 Å². The summed E-state index contributed by atoms with van der Waals surface area (Å²) in [5.41, 5.74) is 0.841. The lowest BCUT2D eigenvalue weighted by Gasteiger charge is -2.03. The second-order valence-corrected chi connectivity index (χ2v) is 4.73. The highest BCUT2D eigenvalue weighted by Crippen LogP contribution is 2.32. The van der Waals surface area contributed by atoms with Crippen LogP contribution in [-0.4, -0.2) is 29.0 Å². The fourth-order valence-electron chi connectivity index (χ4n) is 1.50. The molecule has 18 heavy (non-hydrogen) atoms. The zero-order valence-electron chi connectivity index (χ0n) is 10.3. The van der Waals surface area contributed by atoms with E-state index in [1.54, 1.807) is 12.1 Å². The maximum Gasteiger partial charge on any atom is 0.160 e. The summed E-state index contributed by atoms with van der Waals surface area (Å²) in [5, 5.41) is 22.9. The molecule has 96 valence electrons. The molecule has 0 saturated carbocycles. The van der Waals surface area contributed by atoms with Crippen molar-refractivity contribution in [1.82, 2.24) is 15.5 Å². The molecule has 0 radical (unpaired) electrons. The molecule has 0 saturated heterocycles. The van der Waals surface area contributed by atoms with Gasteiger partial charge < -0.3 is 15.2 Å². The summed E-state index contributed by atoms with van der Waals surface area (Å²) in [4.78, 5) is 0. The molecule has 0 atom stereocenters. The molecule has 6 heteroatoms. The van der Waals surface area contributed by atoms with Crippen molar-refractivity contribution in [1.29, 1.82) is 0 Å². The van der Waals surface area contributed by atoms with E-state index in [1.807, 2.05) is 13.0 Å². The predicted molar refractivity (Wildman–Crippen MR) is 70.9 cm³/mol. The molecule has 0 fully saturated rings. The first kappa shape index (κ1) is 12.8. The van der Waals surface area contributed by atoms with Crippen LogP contribution >= 0.6 is 11.3 Å². The Balaban J connectivity index is 2.20. The van der Waals surface area contributed by atoms with Crippen molar-refractivity contribution in [2.45, 2.75) is 13.5 Å². The van der Waals surface area contributed by atoms with E-state index >= 15 is 0 Å². The van der Waals surface area contributed by atoms with Crippen LogP contribution in [0.1, 0.15) is 11.9 Å². The Bertz CT molecular complexity index is 528. The molecule has 1 aromatic heterocycles. The molecular weight excluding hydrogens is 250 g/mol. The number of hydrogen-bond acceptors (Lipinski definition) is 6. The summed E-state index contributed by atoms with van der Waals surface area (Å²) < 4.78 is 5.00. The minimum atomic E-state index is 0.110. The number of nitrogens with one attached hydrogen (secondary N) is 1. The van der Waals surface area contributed by atoms with E-state index in [2.05, 4.69) is 15.5 Å². The Labute approximate surface area is 109 Å². The number of phenols is 1. The van der Waals surface area contributed by atoms with Crippen molar-refractivity contribution in [2.75, 3.05) is 13.7 Å².